The van der Waals surface area contributed by atoms with Crippen LogP contribution in [0, 0.1) is 6.92 Å². The first-order valence-electron chi connectivity index (χ1n) is 13.3. The van der Waals surface area contributed by atoms with E-state index in [1.165, 1.54) is 6.07 Å². The van der Waals surface area contributed by atoms with Gasteiger partial charge in [-0.3, -0.25) is 0 Å². The van der Waals surface area contributed by atoms with Gasteiger partial charge in [0.05, 0.1) is 0 Å². The number of rotatable bonds is 9. The van der Waals surface area contributed by atoms with Gasteiger partial charge in [-0.15, -0.1) is 0 Å². The van der Waals surface area contributed by atoms with Gasteiger partial charge in [0.1, 0.15) is 24.0 Å². The minimum atomic E-state index is -1.02. The lowest BCUT2D eigenvalue weighted by molar-refractivity contribution is -0.136. The van der Waals surface area contributed by atoms with Gasteiger partial charge in [0.25, 0.3) is 0 Å². The fraction of sp³-hybridized carbons (Fsp3) is 0.147. The molecule has 1 amide bonds. The van der Waals surface area contributed by atoms with Crippen LogP contribution in [0.1, 0.15) is 27.8 Å². The van der Waals surface area contributed by atoms with Crippen LogP contribution in [0.15, 0.2) is 118 Å². The zero-order valence-corrected chi connectivity index (χ0v) is 22.5. The van der Waals surface area contributed by atoms with Gasteiger partial charge in [0.2, 0.25) is 0 Å². The average molecular weight is 548 g/mol. The number of nitrogens with one attached hydrogen (secondary N) is 1. The first-order chi connectivity index (χ1) is 20.0. The minimum Gasteiger partial charge on any atom is -0.445 e. The van der Waals surface area contributed by atoms with E-state index in [0.717, 1.165) is 27.6 Å². The highest BCUT2D eigenvalue weighted by Crippen LogP contribution is 2.25. The molecule has 5 aromatic rings. The van der Waals surface area contributed by atoms with Crippen LogP contribution in [0.2, 0.25) is 0 Å². The molecule has 7 nitrogen and oxygen atoms in total. The predicted molar refractivity (Wildman–Crippen MR) is 156 cm³/mol. The molecule has 0 saturated carbocycles. The van der Waals surface area contributed by atoms with Crippen molar-refractivity contribution in [3.63, 3.8) is 0 Å². The van der Waals surface area contributed by atoms with Crippen LogP contribution >= 0.6 is 0 Å². The van der Waals surface area contributed by atoms with Crippen LogP contribution in [0.4, 0.5) is 4.79 Å². The van der Waals surface area contributed by atoms with Crippen LogP contribution in [0.3, 0.4) is 0 Å². The topological polar surface area (TPSA) is 94.8 Å². The van der Waals surface area contributed by atoms with E-state index in [2.05, 4.69) is 5.32 Å². The Hall–Kier alpha value is -5.17. The second-order valence-corrected chi connectivity index (χ2v) is 9.68. The third-order valence-electron chi connectivity index (χ3n) is 6.77. The Bertz CT molecular complexity index is 1700. The van der Waals surface area contributed by atoms with Crippen LogP contribution in [-0.2, 0) is 29.0 Å². The standard InChI is InChI=1S/C34H29NO6/c1-23-28-18-17-27(21-31(28)41-32(36)29(23)19-24-11-5-2-6-12-24)40-33(37)30(20-25-13-7-3-8-14-25)35-34(38)39-22-26-15-9-4-10-16-26/h2-18,21,30H,19-20,22H2,1H3,(H,35,38)/t30-/m1/s1. The summed E-state index contributed by atoms with van der Waals surface area (Å²) in [4.78, 5) is 38.7. The molecule has 1 heterocycles. The van der Waals surface area contributed by atoms with Gasteiger partial charge < -0.3 is 19.2 Å². The molecule has 0 aliphatic heterocycles. The highest BCUT2D eigenvalue weighted by molar-refractivity contribution is 5.86. The summed E-state index contributed by atoms with van der Waals surface area (Å²) in [6.45, 7) is 1.94. The van der Waals surface area contributed by atoms with E-state index in [1.54, 1.807) is 12.1 Å². The van der Waals surface area contributed by atoms with E-state index < -0.39 is 23.7 Å². The first kappa shape index (κ1) is 27.4. The fourth-order valence-electron chi connectivity index (χ4n) is 4.58. The maximum Gasteiger partial charge on any atom is 0.408 e. The number of alkyl carbamates (subject to hydrolysis) is 1. The average Bonchev–Trinajstić information content (AvgIpc) is 2.99. The summed E-state index contributed by atoms with van der Waals surface area (Å²) in [5.41, 5.74) is 3.93. The Morgan fingerprint density at radius 1 is 0.805 bits per heavy atom. The molecular weight excluding hydrogens is 518 g/mol. The number of aryl methyl sites for hydroxylation is 1. The summed E-state index contributed by atoms with van der Waals surface area (Å²) in [7, 11) is 0. The summed E-state index contributed by atoms with van der Waals surface area (Å²) < 4.78 is 16.6. The van der Waals surface area contributed by atoms with Crippen molar-refractivity contribution in [2.75, 3.05) is 0 Å². The van der Waals surface area contributed by atoms with Crippen LogP contribution < -0.4 is 15.7 Å². The number of hydrogen-bond acceptors (Lipinski definition) is 6. The predicted octanol–water partition coefficient (Wildman–Crippen LogP) is 6.14. The van der Waals surface area contributed by atoms with Gasteiger partial charge in [-0.05, 0) is 41.3 Å². The van der Waals surface area contributed by atoms with E-state index in [0.29, 0.717) is 17.6 Å². The van der Waals surface area contributed by atoms with E-state index in [-0.39, 0.29) is 18.8 Å². The number of carbonyl (C=O) groups is 2. The quantitative estimate of drug-likeness (QED) is 0.135. The zero-order chi connectivity index (χ0) is 28.6. The highest BCUT2D eigenvalue weighted by Gasteiger charge is 2.25. The molecule has 1 aromatic heterocycles. The normalized spacial score (nSPS) is 11.5. The molecule has 0 spiro atoms. The molecule has 0 radical (unpaired) electrons. The minimum absolute atomic E-state index is 0.0646. The molecule has 4 aromatic carbocycles. The SMILES string of the molecule is Cc1c(Cc2ccccc2)c(=O)oc2cc(OC(=O)[C@@H](Cc3ccccc3)NC(=O)OCc3ccccc3)ccc12. The van der Waals surface area contributed by atoms with Crippen molar-refractivity contribution in [2.24, 2.45) is 0 Å². The molecule has 0 aliphatic rings. The summed E-state index contributed by atoms with van der Waals surface area (Å²) in [5, 5.41) is 3.38. The lowest BCUT2D eigenvalue weighted by Crippen LogP contribution is -2.44. The molecule has 41 heavy (non-hydrogen) atoms. The second kappa shape index (κ2) is 12.8. The summed E-state index contributed by atoms with van der Waals surface area (Å²) in [6, 6.07) is 32.2. The molecule has 0 bridgehead atoms. The Kier molecular flexibility index (Phi) is 8.55. The van der Waals surface area contributed by atoms with Crippen LogP contribution in [-0.4, -0.2) is 18.1 Å². The molecule has 7 heteroatoms. The van der Waals surface area contributed by atoms with Crippen molar-refractivity contribution in [2.45, 2.75) is 32.4 Å². The van der Waals surface area contributed by atoms with Gasteiger partial charge >= 0.3 is 17.7 Å². The fourth-order valence-corrected chi connectivity index (χ4v) is 4.58. The van der Waals surface area contributed by atoms with Crippen molar-refractivity contribution in [1.82, 2.24) is 5.32 Å². The number of fused-ring (bicyclic) bond motifs is 1. The van der Waals surface area contributed by atoms with Gasteiger partial charge in [-0.1, -0.05) is 91.0 Å². The maximum absolute atomic E-state index is 13.3. The third kappa shape index (κ3) is 7.08. The number of benzene rings is 4. The molecule has 0 saturated heterocycles. The van der Waals surface area contributed by atoms with Crippen LogP contribution in [0.5, 0.6) is 5.75 Å². The Balaban J connectivity index is 1.33. The number of ether oxygens (including phenoxy) is 2. The van der Waals surface area contributed by atoms with E-state index in [4.69, 9.17) is 13.9 Å². The van der Waals surface area contributed by atoms with Gasteiger partial charge in [0, 0.05) is 29.9 Å². The molecule has 5 rings (SSSR count). The maximum atomic E-state index is 13.3. The van der Waals surface area contributed by atoms with Gasteiger partial charge in [-0.2, -0.15) is 0 Å². The first-order valence-corrected chi connectivity index (χ1v) is 13.3. The summed E-state index contributed by atoms with van der Waals surface area (Å²) in [6.07, 6.45) is -0.0857. The third-order valence-corrected chi connectivity index (χ3v) is 6.77. The van der Waals surface area contributed by atoms with Crippen molar-refractivity contribution in [3.05, 3.63) is 147 Å². The molecule has 0 fully saturated rings. The van der Waals surface area contributed by atoms with E-state index in [1.807, 2.05) is 97.9 Å². The number of esters is 1. The van der Waals surface area contributed by atoms with Crippen molar-refractivity contribution >= 4 is 23.0 Å². The summed E-state index contributed by atoms with van der Waals surface area (Å²) in [5.74, 6) is -0.483. The monoisotopic (exact) mass is 547 g/mol. The van der Waals surface area contributed by atoms with E-state index in [9.17, 15) is 14.4 Å². The number of amides is 1. The zero-order valence-electron chi connectivity index (χ0n) is 22.5. The smallest absolute Gasteiger partial charge is 0.408 e. The largest absolute Gasteiger partial charge is 0.445 e. The Morgan fingerprint density at radius 3 is 2.07 bits per heavy atom. The number of carbonyl (C=O) groups excluding carboxylic acids is 2. The number of hydrogen-bond donors (Lipinski definition) is 1. The molecule has 0 aliphatic carbocycles. The lowest BCUT2D eigenvalue weighted by atomic mass is 10.00. The lowest BCUT2D eigenvalue weighted by Gasteiger charge is -2.18. The highest BCUT2D eigenvalue weighted by atomic mass is 16.6. The van der Waals surface area contributed by atoms with Crippen LogP contribution in [0.25, 0.3) is 11.0 Å². The molecule has 1 atom stereocenters. The summed E-state index contributed by atoms with van der Waals surface area (Å²) >= 11 is 0. The van der Waals surface area contributed by atoms with Gasteiger partial charge in [0.15, 0.2) is 0 Å². The molecule has 1 N–H and O–H groups in total. The molecule has 206 valence electrons. The molecule has 0 unspecified atom stereocenters. The Labute approximate surface area is 237 Å². The van der Waals surface area contributed by atoms with Crippen molar-refractivity contribution in [3.8, 4) is 5.75 Å². The van der Waals surface area contributed by atoms with E-state index >= 15 is 0 Å². The van der Waals surface area contributed by atoms with Crippen molar-refractivity contribution < 1.29 is 23.5 Å². The second-order valence-electron chi connectivity index (χ2n) is 9.68. The van der Waals surface area contributed by atoms with Crippen molar-refractivity contribution in [1.29, 1.82) is 0 Å². The molecular formula is C34H29NO6. The Morgan fingerprint density at radius 2 is 1.41 bits per heavy atom. The van der Waals surface area contributed by atoms with Gasteiger partial charge in [-0.25, -0.2) is 14.4 Å².